The fraction of sp³-hybridized carbons (Fsp3) is 0.143. The van der Waals surface area contributed by atoms with Gasteiger partial charge >= 0.3 is 6.03 Å². The standard InChI is InChI=1S/C7H7N5O4S2/c13-5-4-8-10-12(5)7(14)9-11-18(15,16)6-2-1-3-17-6/h1-3,11H,4H2,(H,9,14). The van der Waals surface area contributed by atoms with Crippen LogP contribution in [0.2, 0.25) is 0 Å². The second-order valence-corrected chi connectivity index (χ2v) is 5.92. The van der Waals surface area contributed by atoms with E-state index in [0.29, 0.717) is 5.01 Å². The normalized spacial score (nSPS) is 15.1. The van der Waals surface area contributed by atoms with Gasteiger partial charge in [0.2, 0.25) is 0 Å². The number of thiophene rings is 1. The molecule has 18 heavy (non-hydrogen) atoms. The lowest BCUT2D eigenvalue weighted by molar-refractivity contribution is -0.125. The summed E-state index contributed by atoms with van der Waals surface area (Å²) in [5.41, 5.74) is 1.86. The van der Waals surface area contributed by atoms with Gasteiger partial charge in [-0.05, 0) is 11.4 Å². The second-order valence-electron chi connectivity index (χ2n) is 3.06. The van der Waals surface area contributed by atoms with Crippen LogP contribution in [0.3, 0.4) is 0 Å². The highest BCUT2D eigenvalue weighted by atomic mass is 32.2. The van der Waals surface area contributed by atoms with Crippen LogP contribution in [-0.2, 0) is 14.8 Å². The molecule has 0 radical (unpaired) electrons. The lowest BCUT2D eigenvalue weighted by Gasteiger charge is -2.10. The predicted molar refractivity (Wildman–Crippen MR) is 59.7 cm³/mol. The van der Waals surface area contributed by atoms with Gasteiger partial charge in [0, 0.05) is 0 Å². The summed E-state index contributed by atoms with van der Waals surface area (Å²) >= 11 is 0.990. The molecular weight excluding hydrogens is 282 g/mol. The van der Waals surface area contributed by atoms with Gasteiger partial charge < -0.3 is 0 Å². The Bertz CT molecular complexity index is 593. The van der Waals surface area contributed by atoms with E-state index in [4.69, 9.17) is 0 Å². The van der Waals surface area contributed by atoms with Crippen molar-refractivity contribution in [2.75, 3.05) is 6.54 Å². The van der Waals surface area contributed by atoms with Crippen LogP contribution in [0.4, 0.5) is 4.79 Å². The maximum absolute atomic E-state index is 11.6. The van der Waals surface area contributed by atoms with Gasteiger partial charge in [0.15, 0.2) is 0 Å². The lowest BCUT2D eigenvalue weighted by Crippen LogP contribution is -2.47. The molecule has 1 aliphatic rings. The van der Waals surface area contributed by atoms with E-state index in [2.05, 4.69) is 10.3 Å². The van der Waals surface area contributed by atoms with Gasteiger partial charge in [-0.15, -0.1) is 21.2 Å². The fourth-order valence-corrected chi connectivity index (χ4v) is 2.88. The van der Waals surface area contributed by atoms with E-state index in [1.54, 1.807) is 11.4 Å². The Kier molecular flexibility index (Phi) is 3.36. The van der Waals surface area contributed by atoms with Crippen LogP contribution in [0.5, 0.6) is 0 Å². The van der Waals surface area contributed by atoms with Gasteiger partial charge in [-0.3, -0.25) is 10.2 Å². The van der Waals surface area contributed by atoms with Gasteiger partial charge in [-0.2, -0.15) is 5.11 Å². The van der Waals surface area contributed by atoms with Gasteiger partial charge in [-0.25, -0.2) is 13.2 Å². The maximum atomic E-state index is 11.6. The molecule has 0 bridgehead atoms. The number of urea groups is 1. The molecule has 0 saturated carbocycles. The number of sulfonamides is 1. The summed E-state index contributed by atoms with van der Waals surface area (Å²) in [4.78, 5) is 24.3. The Labute approximate surface area is 105 Å². The molecule has 2 N–H and O–H groups in total. The van der Waals surface area contributed by atoms with Crippen molar-refractivity contribution >= 4 is 33.3 Å². The van der Waals surface area contributed by atoms with Crippen molar-refractivity contribution in [1.82, 2.24) is 15.3 Å². The fourth-order valence-electron chi connectivity index (χ4n) is 1.06. The summed E-state index contributed by atoms with van der Waals surface area (Å²) in [5, 5.41) is 8.59. The number of hydrogen-bond acceptors (Lipinski definition) is 7. The van der Waals surface area contributed by atoms with E-state index in [-0.39, 0.29) is 10.8 Å². The third kappa shape index (κ3) is 2.52. The zero-order valence-electron chi connectivity index (χ0n) is 8.73. The number of carbonyl (C=O) groups excluding carboxylic acids is 2. The first-order valence-corrected chi connectivity index (χ1v) is 6.92. The van der Waals surface area contributed by atoms with Crippen molar-refractivity contribution in [2.45, 2.75) is 4.21 Å². The van der Waals surface area contributed by atoms with Gasteiger partial charge in [0.1, 0.15) is 10.8 Å². The Morgan fingerprint density at radius 2 is 2.28 bits per heavy atom. The topological polar surface area (TPSA) is 120 Å². The Morgan fingerprint density at radius 1 is 1.50 bits per heavy atom. The number of amides is 3. The van der Waals surface area contributed by atoms with Crippen molar-refractivity contribution in [1.29, 1.82) is 0 Å². The van der Waals surface area contributed by atoms with Gasteiger partial charge in [0.05, 0.1) is 0 Å². The average molecular weight is 289 g/mol. The smallest absolute Gasteiger partial charge is 0.270 e. The third-order valence-corrected chi connectivity index (χ3v) is 4.48. The number of hydrazine groups is 1. The summed E-state index contributed by atoms with van der Waals surface area (Å²) in [7, 11) is -3.83. The zero-order valence-corrected chi connectivity index (χ0v) is 10.4. The maximum Gasteiger partial charge on any atom is 0.361 e. The number of imide groups is 1. The summed E-state index contributed by atoms with van der Waals surface area (Å²) in [6, 6.07) is 1.92. The van der Waals surface area contributed by atoms with E-state index < -0.39 is 22.0 Å². The van der Waals surface area contributed by atoms with E-state index in [1.807, 2.05) is 10.3 Å². The number of nitrogens with one attached hydrogen (secondary N) is 2. The highest BCUT2D eigenvalue weighted by Crippen LogP contribution is 2.14. The summed E-state index contributed by atoms with van der Waals surface area (Å²) in [6.07, 6.45) is 0. The largest absolute Gasteiger partial charge is 0.361 e. The summed E-state index contributed by atoms with van der Waals surface area (Å²) < 4.78 is 23.3. The molecule has 2 rings (SSSR count). The van der Waals surface area contributed by atoms with Crippen LogP contribution >= 0.6 is 11.3 Å². The molecular formula is C7H7N5O4S2. The molecule has 9 nitrogen and oxygen atoms in total. The molecule has 11 heteroatoms. The van der Waals surface area contributed by atoms with E-state index >= 15 is 0 Å². The minimum absolute atomic E-state index is 0.0391. The molecule has 96 valence electrons. The van der Waals surface area contributed by atoms with Crippen LogP contribution in [0, 0.1) is 0 Å². The molecule has 1 aliphatic heterocycles. The average Bonchev–Trinajstić information content (AvgIpc) is 2.96. The van der Waals surface area contributed by atoms with E-state index in [9.17, 15) is 18.0 Å². The minimum Gasteiger partial charge on any atom is -0.270 e. The van der Waals surface area contributed by atoms with Crippen LogP contribution in [0.25, 0.3) is 0 Å². The first-order chi connectivity index (χ1) is 8.50. The Balaban J connectivity index is 1.98. The first-order valence-electron chi connectivity index (χ1n) is 4.56. The number of carbonyl (C=O) groups is 2. The molecule has 0 atom stereocenters. The monoisotopic (exact) mass is 289 g/mol. The van der Waals surface area contributed by atoms with Crippen molar-refractivity contribution in [3.05, 3.63) is 17.5 Å². The molecule has 1 aromatic rings. The second kappa shape index (κ2) is 4.80. The molecule has 0 fully saturated rings. The van der Waals surface area contributed by atoms with Gasteiger partial charge in [0.25, 0.3) is 15.9 Å². The highest BCUT2D eigenvalue weighted by Gasteiger charge is 2.27. The number of nitrogens with zero attached hydrogens (tertiary/aromatic N) is 3. The predicted octanol–water partition coefficient (Wildman–Crippen LogP) is -0.140. The number of rotatable bonds is 3. The van der Waals surface area contributed by atoms with Crippen molar-refractivity contribution < 1.29 is 18.0 Å². The van der Waals surface area contributed by atoms with E-state index in [1.165, 1.54) is 6.07 Å². The SMILES string of the molecule is O=C1CN=NN1C(=O)NNS(=O)(=O)c1cccs1. The minimum atomic E-state index is -3.83. The van der Waals surface area contributed by atoms with Crippen LogP contribution in [0.15, 0.2) is 32.1 Å². The molecule has 0 unspecified atom stereocenters. The van der Waals surface area contributed by atoms with Crippen LogP contribution < -0.4 is 10.3 Å². The summed E-state index contributed by atoms with van der Waals surface area (Å²) in [6.45, 7) is -0.231. The Morgan fingerprint density at radius 3 is 2.83 bits per heavy atom. The number of hydrogen-bond donors (Lipinski definition) is 2. The quantitative estimate of drug-likeness (QED) is 0.752. The van der Waals surface area contributed by atoms with Crippen LogP contribution in [0.1, 0.15) is 0 Å². The van der Waals surface area contributed by atoms with Gasteiger partial charge in [-0.1, -0.05) is 11.3 Å². The summed E-state index contributed by atoms with van der Waals surface area (Å²) in [5.74, 6) is -0.636. The highest BCUT2D eigenvalue weighted by molar-refractivity contribution is 7.91. The van der Waals surface area contributed by atoms with Crippen LogP contribution in [-0.4, -0.2) is 31.9 Å². The van der Waals surface area contributed by atoms with Crippen molar-refractivity contribution in [3.8, 4) is 0 Å². The third-order valence-electron chi connectivity index (χ3n) is 1.84. The molecule has 0 aliphatic carbocycles. The molecule has 2 heterocycles. The van der Waals surface area contributed by atoms with Crippen molar-refractivity contribution in [2.24, 2.45) is 10.3 Å². The van der Waals surface area contributed by atoms with E-state index in [0.717, 1.165) is 11.3 Å². The first kappa shape index (κ1) is 12.6. The molecule has 1 aromatic heterocycles. The lowest BCUT2D eigenvalue weighted by atomic mass is 10.6. The molecule has 0 spiro atoms. The molecule has 0 aromatic carbocycles. The van der Waals surface area contributed by atoms with Crippen molar-refractivity contribution in [3.63, 3.8) is 0 Å². The Hall–Kier alpha value is -1.85. The molecule has 0 saturated heterocycles. The zero-order chi connectivity index (χ0) is 13.2. The molecule has 3 amide bonds.